The Hall–Kier alpha value is -1.54. The summed E-state index contributed by atoms with van der Waals surface area (Å²) in [4.78, 5) is -0.553. The van der Waals surface area contributed by atoms with Gasteiger partial charge >= 0.3 is 0 Å². The Balaban J connectivity index is 2.33. The average Bonchev–Trinajstić information content (AvgIpc) is 2.48. The number of rotatable bonds is 5. The summed E-state index contributed by atoms with van der Waals surface area (Å²) >= 11 is 5.55. The lowest BCUT2D eigenvalue weighted by molar-refractivity contribution is 0.258. The van der Waals surface area contributed by atoms with Gasteiger partial charge in [-0.15, -0.1) is 0 Å². The minimum atomic E-state index is -4.21. The molecule has 1 unspecified atom stereocenters. The minimum Gasteiger partial charge on any atom is -0.394 e. The SMILES string of the molecule is O=S(=O)(NC(CO)c1ccc(Cl)c(F)c1)c1ccccc1F. The van der Waals surface area contributed by atoms with Gasteiger partial charge in [-0.2, -0.15) is 0 Å². The molecule has 0 aliphatic rings. The predicted molar refractivity (Wildman–Crippen MR) is 78.0 cm³/mol. The number of hydrogen-bond donors (Lipinski definition) is 2. The highest BCUT2D eigenvalue weighted by Gasteiger charge is 2.24. The third-order valence-corrected chi connectivity index (χ3v) is 4.76. The van der Waals surface area contributed by atoms with Crippen molar-refractivity contribution in [1.82, 2.24) is 4.72 Å². The first-order chi connectivity index (χ1) is 10.3. The van der Waals surface area contributed by atoms with Crippen molar-refractivity contribution in [3.8, 4) is 0 Å². The number of halogens is 3. The van der Waals surface area contributed by atoms with Crippen molar-refractivity contribution < 1.29 is 22.3 Å². The molecule has 2 rings (SSSR count). The highest BCUT2D eigenvalue weighted by molar-refractivity contribution is 7.89. The van der Waals surface area contributed by atoms with E-state index in [-0.39, 0.29) is 10.6 Å². The number of nitrogens with one attached hydrogen (secondary N) is 1. The largest absolute Gasteiger partial charge is 0.394 e. The topological polar surface area (TPSA) is 66.4 Å². The molecular formula is C14H12ClF2NO3S. The van der Waals surface area contributed by atoms with Gasteiger partial charge in [0, 0.05) is 0 Å². The van der Waals surface area contributed by atoms with Gasteiger partial charge < -0.3 is 5.11 Å². The normalized spacial score (nSPS) is 13.1. The number of aliphatic hydroxyl groups is 1. The average molecular weight is 348 g/mol. The van der Waals surface area contributed by atoms with Crippen LogP contribution in [0.5, 0.6) is 0 Å². The summed E-state index contributed by atoms with van der Waals surface area (Å²) in [6.07, 6.45) is 0. The Labute approximate surface area is 131 Å². The molecule has 0 saturated heterocycles. The molecule has 0 heterocycles. The van der Waals surface area contributed by atoms with Gasteiger partial charge in [0.1, 0.15) is 16.5 Å². The second kappa shape index (κ2) is 6.70. The fourth-order valence-corrected chi connectivity index (χ4v) is 3.27. The summed E-state index contributed by atoms with van der Waals surface area (Å²) in [7, 11) is -4.21. The third-order valence-electron chi connectivity index (χ3n) is 2.95. The van der Waals surface area contributed by atoms with Crippen molar-refractivity contribution in [2.45, 2.75) is 10.9 Å². The van der Waals surface area contributed by atoms with Crippen LogP contribution in [0, 0.1) is 11.6 Å². The fourth-order valence-electron chi connectivity index (χ4n) is 1.85. The number of sulfonamides is 1. The fraction of sp³-hybridized carbons (Fsp3) is 0.143. The lowest BCUT2D eigenvalue weighted by Crippen LogP contribution is -2.31. The van der Waals surface area contributed by atoms with Crippen LogP contribution in [-0.2, 0) is 10.0 Å². The standard InChI is InChI=1S/C14H12ClF2NO3S/c15-10-6-5-9(7-12(10)17)13(8-19)18-22(20,21)14-4-2-1-3-11(14)16/h1-7,13,18-19H,8H2. The predicted octanol–water partition coefficient (Wildman–Crippen LogP) is 2.63. The zero-order chi connectivity index (χ0) is 16.3. The molecule has 22 heavy (non-hydrogen) atoms. The lowest BCUT2D eigenvalue weighted by atomic mass is 10.1. The first-order valence-corrected chi connectivity index (χ1v) is 8.04. The second-order valence-corrected chi connectivity index (χ2v) is 6.55. The smallest absolute Gasteiger partial charge is 0.244 e. The Morgan fingerprint density at radius 1 is 1.14 bits per heavy atom. The zero-order valence-corrected chi connectivity index (χ0v) is 12.7. The minimum absolute atomic E-state index is 0.127. The van der Waals surface area contributed by atoms with Gasteiger partial charge in [0.15, 0.2) is 0 Å². The van der Waals surface area contributed by atoms with E-state index in [4.69, 9.17) is 11.6 Å². The Bertz CT molecular complexity index is 783. The Morgan fingerprint density at radius 3 is 2.41 bits per heavy atom. The molecule has 0 amide bonds. The first-order valence-electron chi connectivity index (χ1n) is 6.18. The molecule has 2 aromatic rings. The van der Waals surface area contributed by atoms with Crippen LogP contribution in [0.3, 0.4) is 0 Å². The molecule has 2 N–H and O–H groups in total. The molecule has 4 nitrogen and oxygen atoms in total. The molecule has 2 aromatic carbocycles. The van der Waals surface area contributed by atoms with Gasteiger partial charge in [0.25, 0.3) is 0 Å². The van der Waals surface area contributed by atoms with Crippen molar-refractivity contribution in [1.29, 1.82) is 0 Å². The first kappa shape index (κ1) is 16.8. The van der Waals surface area contributed by atoms with Crippen molar-refractivity contribution in [2.75, 3.05) is 6.61 Å². The van der Waals surface area contributed by atoms with E-state index in [0.29, 0.717) is 0 Å². The number of aliphatic hydroxyl groups excluding tert-OH is 1. The number of benzene rings is 2. The zero-order valence-electron chi connectivity index (χ0n) is 11.1. The highest BCUT2D eigenvalue weighted by atomic mass is 35.5. The number of hydrogen-bond acceptors (Lipinski definition) is 3. The van der Waals surface area contributed by atoms with E-state index in [1.54, 1.807) is 0 Å². The van der Waals surface area contributed by atoms with Crippen LogP contribution in [0.2, 0.25) is 5.02 Å². The lowest BCUT2D eigenvalue weighted by Gasteiger charge is -2.17. The van der Waals surface area contributed by atoms with Gasteiger partial charge in [0.2, 0.25) is 10.0 Å². The van der Waals surface area contributed by atoms with E-state index in [1.165, 1.54) is 24.3 Å². The van der Waals surface area contributed by atoms with Crippen molar-refractivity contribution >= 4 is 21.6 Å². The van der Waals surface area contributed by atoms with E-state index in [0.717, 1.165) is 18.2 Å². The summed E-state index contributed by atoms with van der Waals surface area (Å²) in [6, 6.07) is 7.31. The summed E-state index contributed by atoms with van der Waals surface area (Å²) in [5.41, 5.74) is 0.171. The Morgan fingerprint density at radius 2 is 1.82 bits per heavy atom. The Kier molecular flexibility index (Phi) is 5.12. The van der Waals surface area contributed by atoms with Crippen LogP contribution in [0.4, 0.5) is 8.78 Å². The van der Waals surface area contributed by atoms with Gasteiger partial charge in [-0.25, -0.2) is 21.9 Å². The quantitative estimate of drug-likeness (QED) is 0.873. The molecule has 0 radical (unpaired) electrons. The van der Waals surface area contributed by atoms with Crippen molar-refractivity contribution in [3.63, 3.8) is 0 Å². The van der Waals surface area contributed by atoms with Crippen LogP contribution in [0.15, 0.2) is 47.4 Å². The second-order valence-electron chi connectivity index (χ2n) is 4.46. The molecular weight excluding hydrogens is 336 g/mol. The van der Waals surface area contributed by atoms with Crippen molar-refractivity contribution in [3.05, 3.63) is 64.7 Å². The van der Waals surface area contributed by atoms with Gasteiger partial charge in [-0.3, -0.25) is 0 Å². The van der Waals surface area contributed by atoms with Gasteiger partial charge in [-0.1, -0.05) is 29.8 Å². The third kappa shape index (κ3) is 3.61. The summed E-state index contributed by atoms with van der Waals surface area (Å²) in [5.74, 6) is -1.67. The highest BCUT2D eigenvalue weighted by Crippen LogP contribution is 2.22. The maximum atomic E-state index is 13.6. The van der Waals surface area contributed by atoms with Crippen molar-refractivity contribution in [2.24, 2.45) is 0 Å². The summed E-state index contributed by atoms with van der Waals surface area (Å²) in [5, 5.41) is 9.22. The molecule has 0 bridgehead atoms. The van der Waals surface area contributed by atoms with E-state index in [9.17, 15) is 22.3 Å². The molecule has 118 valence electrons. The van der Waals surface area contributed by atoms with E-state index < -0.39 is 39.2 Å². The maximum absolute atomic E-state index is 13.6. The van der Waals surface area contributed by atoms with E-state index in [2.05, 4.69) is 4.72 Å². The molecule has 1 atom stereocenters. The molecule has 0 spiro atoms. The van der Waals surface area contributed by atoms with Crippen LogP contribution >= 0.6 is 11.6 Å². The molecule has 8 heteroatoms. The summed E-state index contributed by atoms with van der Waals surface area (Å²) < 4.78 is 53.5. The molecule has 0 aliphatic heterocycles. The molecule has 0 fully saturated rings. The summed E-state index contributed by atoms with van der Waals surface area (Å²) in [6.45, 7) is -0.630. The van der Waals surface area contributed by atoms with Gasteiger partial charge in [-0.05, 0) is 29.8 Å². The van der Waals surface area contributed by atoms with Crippen LogP contribution in [0.1, 0.15) is 11.6 Å². The monoisotopic (exact) mass is 347 g/mol. The molecule has 0 aliphatic carbocycles. The van der Waals surface area contributed by atoms with Crippen LogP contribution in [-0.4, -0.2) is 20.1 Å². The maximum Gasteiger partial charge on any atom is 0.244 e. The van der Waals surface area contributed by atoms with Gasteiger partial charge in [0.05, 0.1) is 17.7 Å². The molecule has 0 aromatic heterocycles. The molecule has 0 saturated carbocycles. The van der Waals surface area contributed by atoms with E-state index >= 15 is 0 Å². The van der Waals surface area contributed by atoms with E-state index in [1.807, 2.05) is 0 Å². The van der Waals surface area contributed by atoms with Crippen LogP contribution in [0.25, 0.3) is 0 Å². The van der Waals surface area contributed by atoms with Crippen LogP contribution < -0.4 is 4.72 Å².